The highest BCUT2D eigenvalue weighted by Gasteiger charge is 2.11. The lowest BCUT2D eigenvalue weighted by atomic mass is 10.1. The SMILES string of the molecule is O=C(Nc1ncco1)c1cccc(-c2cccc(Cl)c2)n1. The number of nitrogens with one attached hydrogen (secondary N) is 1. The van der Waals surface area contributed by atoms with E-state index in [9.17, 15) is 4.79 Å². The molecule has 3 aromatic rings. The molecular formula is C15H10ClN3O2. The monoisotopic (exact) mass is 299 g/mol. The third-order valence-corrected chi connectivity index (χ3v) is 2.99. The van der Waals surface area contributed by atoms with Crippen LogP contribution in [-0.4, -0.2) is 15.9 Å². The second-order valence-corrected chi connectivity index (χ2v) is 4.65. The minimum absolute atomic E-state index is 0.134. The second-order valence-electron chi connectivity index (χ2n) is 4.21. The highest BCUT2D eigenvalue weighted by atomic mass is 35.5. The number of halogens is 1. The van der Waals surface area contributed by atoms with Crippen LogP contribution in [0.5, 0.6) is 0 Å². The molecule has 0 fully saturated rings. The number of amides is 1. The molecule has 104 valence electrons. The molecule has 2 heterocycles. The number of rotatable bonds is 3. The number of aromatic nitrogens is 2. The van der Waals surface area contributed by atoms with Gasteiger partial charge >= 0.3 is 6.01 Å². The van der Waals surface area contributed by atoms with Crippen molar-refractivity contribution in [1.29, 1.82) is 0 Å². The van der Waals surface area contributed by atoms with Crippen LogP contribution in [0.25, 0.3) is 11.3 Å². The highest BCUT2D eigenvalue weighted by molar-refractivity contribution is 6.30. The summed E-state index contributed by atoms with van der Waals surface area (Å²) in [5.74, 6) is -0.388. The van der Waals surface area contributed by atoms with Crippen LogP contribution in [0.3, 0.4) is 0 Å². The summed E-state index contributed by atoms with van der Waals surface area (Å²) in [4.78, 5) is 20.2. The molecule has 0 aliphatic carbocycles. The molecule has 21 heavy (non-hydrogen) atoms. The molecule has 1 aromatic carbocycles. The Morgan fingerprint density at radius 3 is 2.81 bits per heavy atom. The fourth-order valence-corrected chi connectivity index (χ4v) is 2.01. The molecular weight excluding hydrogens is 290 g/mol. The minimum atomic E-state index is -0.388. The molecule has 0 unspecified atom stereocenters. The van der Waals surface area contributed by atoms with Gasteiger partial charge in [0.1, 0.15) is 12.0 Å². The number of hydrogen-bond acceptors (Lipinski definition) is 4. The highest BCUT2D eigenvalue weighted by Crippen LogP contribution is 2.21. The maximum Gasteiger partial charge on any atom is 0.301 e. The fraction of sp³-hybridized carbons (Fsp3) is 0. The van der Waals surface area contributed by atoms with E-state index in [1.54, 1.807) is 24.3 Å². The van der Waals surface area contributed by atoms with Crippen molar-refractivity contribution in [3.05, 3.63) is 65.6 Å². The Labute approximate surface area is 125 Å². The summed E-state index contributed by atoms with van der Waals surface area (Å²) in [6, 6.07) is 12.6. The van der Waals surface area contributed by atoms with Gasteiger partial charge in [0.05, 0.1) is 11.9 Å². The van der Waals surface area contributed by atoms with Crippen LogP contribution in [0, 0.1) is 0 Å². The average molecular weight is 300 g/mol. The van der Waals surface area contributed by atoms with Crippen LogP contribution in [0.1, 0.15) is 10.5 Å². The summed E-state index contributed by atoms with van der Waals surface area (Å²) in [6.45, 7) is 0. The molecule has 1 N–H and O–H groups in total. The lowest BCUT2D eigenvalue weighted by molar-refractivity contribution is 0.101. The van der Waals surface area contributed by atoms with Crippen molar-refractivity contribution in [1.82, 2.24) is 9.97 Å². The molecule has 0 radical (unpaired) electrons. The molecule has 0 spiro atoms. The van der Waals surface area contributed by atoms with Gasteiger partial charge in [-0.05, 0) is 24.3 Å². The minimum Gasteiger partial charge on any atom is -0.432 e. The Morgan fingerprint density at radius 2 is 2.05 bits per heavy atom. The topological polar surface area (TPSA) is 68.0 Å². The van der Waals surface area contributed by atoms with Gasteiger partial charge < -0.3 is 4.42 Å². The molecule has 0 aliphatic heterocycles. The van der Waals surface area contributed by atoms with E-state index in [0.717, 1.165) is 5.56 Å². The number of benzene rings is 1. The first-order valence-corrected chi connectivity index (χ1v) is 6.54. The van der Waals surface area contributed by atoms with E-state index in [-0.39, 0.29) is 17.6 Å². The molecule has 0 atom stereocenters. The third-order valence-electron chi connectivity index (χ3n) is 2.75. The van der Waals surface area contributed by atoms with E-state index >= 15 is 0 Å². The van der Waals surface area contributed by atoms with Gasteiger partial charge in [0.15, 0.2) is 0 Å². The molecule has 0 saturated carbocycles. The second kappa shape index (κ2) is 5.76. The Bertz CT molecular complexity index is 772. The van der Waals surface area contributed by atoms with Crippen LogP contribution in [0.4, 0.5) is 6.01 Å². The number of oxazole rings is 1. The normalized spacial score (nSPS) is 10.3. The maximum atomic E-state index is 12.1. The van der Waals surface area contributed by atoms with Crippen molar-refractivity contribution < 1.29 is 9.21 Å². The number of carbonyl (C=O) groups is 1. The van der Waals surface area contributed by atoms with E-state index in [2.05, 4.69) is 15.3 Å². The molecule has 6 heteroatoms. The van der Waals surface area contributed by atoms with Crippen LogP contribution >= 0.6 is 11.6 Å². The van der Waals surface area contributed by atoms with Gasteiger partial charge in [-0.2, -0.15) is 0 Å². The Balaban J connectivity index is 1.88. The first-order valence-electron chi connectivity index (χ1n) is 6.16. The van der Waals surface area contributed by atoms with E-state index in [4.69, 9.17) is 16.0 Å². The van der Waals surface area contributed by atoms with Gasteiger partial charge in [-0.1, -0.05) is 29.8 Å². The van der Waals surface area contributed by atoms with Crippen molar-refractivity contribution in [2.75, 3.05) is 5.32 Å². The van der Waals surface area contributed by atoms with Crippen LogP contribution in [0.2, 0.25) is 5.02 Å². The Hall–Kier alpha value is -2.66. The first kappa shape index (κ1) is 13.3. The molecule has 0 bridgehead atoms. The number of pyridine rings is 1. The van der Waals surface area contributed by atoms with Gasteiger partial charge in [0.25, 0.3) is 5.91 Å². The lowest BCUT2D eigenvalue weighted by Gasteiger charge is -2.04. The van der Waals surface area contributed by atoms with Crippen molar-refractivity contribution in [3.63, 3.8) is 0 Å². The molecule has 3 rings (SSSR count). The zero-order valence-corrected chi connectivity index (χ0v) is 11.5. The number of nitrogens with zero attached hydrogens (tertiary/aromatic N) is 2. The van der Waals surface area contributed by atoms with Crippen LogP contribution < -0.4 is 5.32 Å². The van der Waals surface area contributed by atoms with Crippen molar-refractivity contribution in [2.24, 2.45) is 0 Å². The van der Waals surface area contributed by atoms with E-state index in [0.29, 0.717) is 10.7 Å². The first-order chi connectivity index (χ1) is 10.2. The van der Waals surface area contributed by atoms with E-state index in [1.165, 1.54) is 12.5 Å². The number of hydrogen-bond donors (Lipinski definition) is 1. The largest absolute Gasteiger partial charge is 0.432 e. The average Bonchev–Trinajstić information content (AvgIpc) is 3.00. The van der Waals surface area contributed by atoms with Crippen molar-refractivity contribution in [2.45, 2.75) is 0 Å². The summed E-state index contributed by atoms with van der Waals surface area (Å²) >= 11 is 5.96. The lowest BCUT2D eigenvalue weighted by Crippen LogP contribution is -2.14. The summed E-state index contributed by atoms with van der Waals surface area (Å²) in [6.07, 6.45) is 2.83. The summed E-state index contributed by atoms with van der Waals surface area (Å²) < 4.78 is 4.97. The third kappa shape index (κ3) is 3.09. The van der Waals surface area contributed by atoms with E-state index < -0.39 is 0 Å². The fourth-order valence-electron chi connectivity index (χ4n) is 1.82. The number of anilines is 1. The predicted molar refractivity (Wildman–Crippen MR) is 79.1 cm³/mol. The number of carbonyl (C=O) groups excluding carboxylic acids is 1. The molecule has 0 saturated heterocycles. The molecule has 5 nitrogen and oxygen atoms in total. The maximum absolute atomic E-state index is 12.1. The summed E-state index contributed by atoms with van der Waals surface area (Å²) in [7, 11) is 0. The van der Waals surface area contributed by atoms with E-state index in [1.807, 2.05) is 18.2 Å². The predicted octanol–water partition coefficient (Wildman–Crippen LogP) is 3.64. The van der Waals surface area contributed by atoms with Gasteiger partial charge in [0.2, 0.25) is 0 Å². The van der Waals surface area contributed by atoms with Gasteiger partial charge in [0, 0.05) is 10.6 Å². The van der Waals surface area contributed by atoms with Crippen molar-refractivity contribution >= 4 is 23.5 Å². The Kier molecular flexibility index (Phi) is 3.66. The zero-order chi connectivity index (χ0) is 14.7. The van der Waals surface area contributed by atoms with Gasteiger partial charge in [-0.3, -0.25) is 10.1 Å². The van der Waals surface area contributed by atoms with Crippen molar-refractivity contribution in [3.8, 4) is 11.3 Å². The van der Waals surface area contributed by atoms with Crippen LogP contribution in [-0.2, 0) is 0 Å². The molecule has 2 aromatic heterocycles. The molecule has 1 amide bonds. The smallest absolute Gasteiger partial charge is 0.301 e. The summed E-state index contributed by atoms with van der Waals surface area (Å²) in [5.41, 5.74) is 1.77. The quantitative estimate of drug-likeness (QED) is 0.801. The Morgan fingerprint density at radius 1 is 1.19 bits per heavy atom. The summed E-state index contributed by atoms with van der Waals surface area (Å²) in [5, 5.41) is 3.14. The standard InChI is InChI=1S/C15H10ClN3O2/c16-11-4-1-3-10(9-11)12-5-2-6-13(18-12)14(20)19-15-17-7-8-21-15/h1-9H,(H,17,19,20). The van der Waals surface area contributed by atoms with Crippen LogP contribution in [0.15, 0.2) is 59.3 Å². The zero-order valence-electron chi connectivity index (χ0n) is 10.8. The van der Waals surface area contributed by atoms with Gasteiger partial charge in [-0.25, -0.2) is 9.97 Å². The van der Waals surface area contributed by atoms with Gasteiger partial charge in [-0.15, -0.1) is 0 Å². The molecule has 0 aliphatic rings.